The number of para-hydroxylation sites is 2. The predicted octanol–water partition coefficient (Wildman–Crippen LogP) is 6.30. The third kappa shape index (κ3) is 5.11. The molecule has 0 bridgehead atoms. The van der Waals surface area contributed by atoms with E-state index >= 15 is 0 Å². The van der Waals surface area contributed by atoms with Crippen molar-refractivity contribution in [3.8, 4) is 5.75 Å². The van der Waals surface area contributed by atoms with Gasteiger partial charge in [-0.15, -0.1) is 12.4 Å². The second kappa shape index (κ2) is 10.8. The van der Waals surface area contributed by atoms with Crippen LogP contribution in [0.25, 0.3) is 10.8 Å². The molecule has 5 rings (SSSR count). The van der Waals surface area contributed by atoms with Crippen molar-refractivity contribution in [1.82, 2.24) is 5.32 Å². The van der Waals surface area contributed by atoms with Crippen LogP contribution >= 0.6 is 12.4 Å². The van der Waals surface area contributed by atoms with E-state index in [0.29, 0.717) is 18.7 Å². The number of carbonyl (C=O) groups excluding carboxylic acids is 1. The molecule has 0 spiro atoms. The van der Waals surface area contributed by atoms with Crippen LogP contribution in [0.4, 0.5) is 11.4 Å². The standard InChI is InChI=1S/C29H28N2O3.ClH/c1-20(25-11-7-9-21-8-3-4-10-26(21)25)30-18-24-19-31(27-12-5-6-13-28(27)34-24)23-16-14-22(15-17-23)29(32)33-2;/h3-17,20,24,30H,18-19H2,1-2H3;1H/t20-,24?;/m1./s1. The topological polar surface area (TPSA) is 50.8 Å². The summed E-state index contributed by atoms with van der Waals surface area (Å²) in [6, 6.07) is 30.7. The summed E-state index contributed by atoms with van der Waals surface area (Å²) in [5.41, 5.74) is 3.85. The Morgan fingerprint density at radius 1 is 1.00 bits per heavy atom. The maximum absolute atomic E-state index is 11.8. The van der Waals surface area contributed by atoms with Gasteiger partial charge in [0, 0.05) is 18.3 Å². The molecule has 4 aromatic rings. The average molecular weight is 489 g/mol. The molecule has 0 radical (unpaired) electrons. The fourth-order valence-corrected chi connectivity index (χ4v) is 4.59. The molecule has 5 nitrogen and oxygen atoms in total. The van der Waals surface area contributed by atoms with Crippen LogP contribution in [-0.2, 0) is 4.74 Å². The highest BCUT2D eigenvalue weighted by Gasteiger charge is 2.27. The summed E-state index contributed by atoms with van der Waals surface area (Å²) in [7, 11) is 1.39. The lowest BCUT2D eigenvalue weighted by Crippen LogP contribution is -2.44. The third-order valence-electron chi connectivity index (χ3n) is 6.38. The number of hydrogen-bond donors (Lipinski definition) is 1. The van der Waals surface area contributed by atoms with E-state index in [4.69, 9.17) is 9.47 Å². The zero-order valence-electron chi connectivity index (χ0n) is 19.8. The van der Waals surface area contributed by atoms with E-state index in [9.17, 15) is 4.79 Å². The van der Waals surface area contributed by atoms with Crippen molar-refractivity contribution < 1.29 is 14.3 Å². The second-order valence-electron chi connectivity index (χ2n) is 8.55. The zero-order chi connectivity index (χ0) is 23.5. The van der Waals surface area contributed by atoms with E-state index in [1.165, 1.54) is 23.4 Å². The lowest BCUT2D eigenvalue weighted by molar-refractivity contribution is 0.0600. The van der Waals surface area contributed by atoms with Gasteiger partial charge >= 0.3 is 5.97 Å². The van der Waals surface area contributed by atoms with Crippen molar-refractivity contribution in [3.63, 3.8) is 0 Å². The van der Waals surface area contributed by atoms with Crippen LogP contribution in [0.5, 0.6) is 5.75 Å². The van der Waals surface area contributed by atoms with Gasteiger partial charge in [-0.2, -0.15) is 0 Å². The van der Waals surface area contributed by atoms with Crippen molar-refractivity contribution in [2.45, 2.75) is 19.1 Å². The highest BCUT2D eigenvalue weighted by molar-refractivity contribution is 5.90. The van der Waals surface area contributed by atoms with Crippen molar-refractivity contribution in [2.75, 3.05) is 25.1 Å². The molecule has 0 saturated heterocycles. The molecule has 1 unspecified atom stereocenters. The lowest BCUT2D eigenvalue weighted by atomic mass is 9.99. The molecule has 1 heterocycles. The summed E-state index contributed by atoms with van der Waals surface area (Å²) in [6.07, 6.45) is -0.0346. The molecule has 0 aliphatic carbocycles. The van der Waals surface area contributed by atoms with Gasteiger partial charge in [0.25, 0.3) is 0 Å². The molecule has 0 aromatic heterocycles. The number of rotatable bonds is 6. The Hall–Kier alpha value is -3.54. The summed E-state index contributed by atoms with van der Waals surface area (Å²) in [5.74, 6) is 0.522. The number of nitrogens with zero attached hydrogens (tertiary/aromatic N) is 1. The quantitative estimate of drug-likeness (QED) is 0.323. The largest absolute Gasteiger partial charge is 0.485 e. The first-order valence-electron chi connectivity index (χ1n) is 11.6. The molecule has 1 N–H and O–H groups in total. The van der Waals surface area contributed by atoms with Gasteiger partial charge < -0.3 is 19.7 Å². The van der Waals surface area contributed by atoms with Crippen LogP contribution < -0.4 is 15.0 Å². The lowest BCUT2D eigenvalue weighted by Gasteiger charge is -2.37. The molecular formula is C29H29ClN2O3. The van der Waals surface area contributed by atoms with Crippen LogP contribution in [0.15, 0.2) is 91.0 Å². The van der Waals surface area contributed by atoms with Gasteiger partial charge in [0.15, 0.2) is 0 Å². The molecule has 1 aliphatic rings. The van der Waals surface area contributed by atoms with Crippen LogP contribution in [-0.4, -0.2) is 32.3 Å². The van der Waals surface area contributed by atoms with Gasteiger partial charge in [0.1, 0.15) is 11.9 Å². The maximum Gasteiger partial charge on any atom is 0.337 e. The Bertz CT molecular complexity index is 1300. The first-order chi connectivity index (χ1) is 16.6. The maximum atomic E-state index is 11.8. The minimum atomic E-state index is -0.335. The van der Waals surface area contributed by atoms with Gasteiger partial charge in [0.2, 0.25) is 0 Å². The molecule has 6 heteroatoms. The molecule has 0 amide bonds. The minimum Gasteiger partial charge on any atom is -0.485 e. The summed E-state index contributed by atoms with van der Waals surface area (Å²) in [4.78, 5) is 14.1. The second-order valence-corrected chi connectivity index (χ2v) is 8.55. The van der Waals surface area contributed by atoms with Gasteiger partial charge in [-0.25, -0.2) is 4.79 Å². The Balaban J connectivity index is 0.00000289. The van der Waals surface area contributed by atoms with Crippen molar-refractivity contribution in [2.24, 2.45) is 0 Å². The monoisotopic (exact) mass is 488 g/mol. The Morgan fingerprint density at radius 3 is 2.51 bits per heavy atom. The smallest absolute Gasteiger partial charge is 0.337 e. The first-order valence-corrected chi connectivity index (χ1v) is 11.6. The number of nitrogens with one attached hydrogen (secondary N) is 1. The SMILES string of the molecule is COC(=O)c1ccc(N2CC(CN[C@H](C)c3cccc4ccccc34)Oc3ccccc32)cc1.Cl. The van der Waals surface area contributed by atoms with Crippen LogP contribution in [0.1, 0.15) is 28.9 Å². The highest BCUT2D eigenvalue weighted by atomic mass is 35.5. The van der Waals surface area contributed by atoms with E-state index < -0.39 is 0 Å². The molecular weight excluding hydrogens is 460 g/mol. The van der Waals surface area contributed by atoms with E-state index in [1.54, 1.807) is 12.1 Å². The molecule has 0 saturated carbocycles. The summed E-state index contributed by atoms with van der Waals surface area (Å²) in [6.45, 7) is 3.60. The van der Waals surface area contributed by atoms with E-state index in [-0.39, 0.29) is 30.5 Å². The van der Waals surface area contributed by atoms with E-state index in [2.05, 4.69) is 65.7 Å². The van der Waals surface area contributed by atoms with Crippen LogP contribution in [0.2, 0.25) is 0 Å². The normalized spacial score (nSPS) is 15.5. The predicted molar refractivity (Wildman–Crippen MR) is 143 cm³/mol. The highest BCUT2D eigenvalue weighted by Crippen LogP contribution is 2.38. The third-order valence-corrected chi connectivity index (χ3v) is 6.38. The summed E-state index contributed by atoms with van der Waals surface area (Å²) in [5, 5.41) is 6.20. The Morgan fingerprint density at radius 2 is 1.71 bits per heavy atom. The number of methoxy groups -OCH3 is 1. The number of esters is 1. The fourth-order valence-electron chi connectivity index (χ4n) is 4.59. The molecule has 1 aliphatic heterocycles. The molecule has 2 atom stereocenters. The number of hydrogen-bond acceptors (Lipinski definition) is 5. The Labute approximate surface area is 212 Å². The first kappa shape index (κ1) is 24.6. The van der Waals surface area contributed by atoms with Crippen molar-refractivity contribution in [1.29, 1.82) is 0 Å². The number of fused-ring (bicyclic) bond motifs is 2. The van der Waals surface area contributed by atoms with E-state index in [0.717, 1.165) is 17.1 Å². The number of halogens is 1. The van der Waals surface area contributed by atoms with Crippen LogP contribution in [0, 0.1) is 0 Å². The molecule has 35 heavy (non-hydrogen) atoms. The van der Waals surface area contributed by atoms with Gasteiger partial charge in [-0.1, -0.05) is 54.6 Å². The Kier molecular flexibility index (Phi) is 7.59. The molecule has 0 fully saturated rings. The fraction of sp³-hybridized carbons (Fsp3) is 0.207. The van der Waals surface area contributed by atoms with Crippen LogP contribution in [0.3, 0.4) is 0 Å². The van der Waals surface area contributed by atoms with Gasteiger partial charge in [0.05, 0.1) is 24.9 Å². The molecule has 180 valence electrons. The van der Waals surface area contributed by atoms with E-state index in [1.807, 2.05) is 30.3 Å². The summed E-state index contributed by atoms with van der Waals surface area (Å²) < 4.78 is 11.2. The van der Waals surface area contributed by atoms with Gasteiger partial charge in [-0.05, 0) is 59.7 Å². The summed E-state index contributed by atoms with van der Waals surface area (Å²) >= 11 is 0. The van der Waals surface area contributed by atoms with Crippen molar-refractivity contribution in [3.05, 3.63) is 102 Å². The minimum absolute atomic E-state index is 0. The van der Waals surface area contributed by atoms with Gasteiger partial charge in [-0.3, -0.25) is 0 Å². The average Bonchev–Trinajstić information content (AvgIpc) is 2.90. The number of ether oxygens (including phenoxy) is 2. The number of carbonyl (C=O) groups is 1. The van der Waals surface area contributed by atoms with Crippen molar-refractivity contribution >= 4 is 40.5 Å². The number of benzene rings is 4. The zero-order valence-corrected chi connectivity index (χ0v) is 20.6. The molecule has 4 aromatic carbocycles. The number of anilines is 2.